The average Bonchev–Trinajstić information content (AvgIpc) is 2.77. The maximum absolute atomic E-state index is 12.5. The SMILES string of the molecule is O=C(NCCOc1ccc(-c2ccccc2)nn1)c1cccc2ccccc12. The topological polar surface area (TPSA) is 64.1 Å². The lowest BCUT2D eigenvalue weighted by Gasteiger charge is -2.09. The zero-order chi connectivity index (χ0) is 19.2. The van der Waals surface area contributed by atoms with Gasteiger partial charge in [0.15, 0.2) is 0 Å². The summed E-state index contributed by atoms with van der Waals surface area (Å²) in [6.07, 6.45) is 0. The van der Waals surface area contributed by atoms with Crippen LogP contribution in [0.2, 0.25) is 0 Å². The number of carbonyl (C=O) groups is 1. The van der Waals surface area contributed by atoms with Crippen molar-refractivity contribution < 1.29 is 9.53 Å². The van der Waals surface area contributed by atoms with Gasteiger partial charge in [-0.05, 0) is 22.9 Å². The number of nitrogens with one attached hydrogen (secondary N) is 1. The molecule has 4 aromatic rings. The van der Waals surface area contributed by atoms with E-state index in [1.807, 2.05) is 78.9 Å². The Morgan fingerprint density at radius 1 is 0.821 bits per heavy atom. The van der Waals surface area contributed by atoms with Crippen molar-refractivity contribution in [2.24, 2.45) is 0 Å². The first-order chi connectivity index (χ1) is 13.8. The molecular formula is C23H19N3O2. The molecule has 0 unspecified atom stereocenters. The molecule has 5 nitrogen and oxygen atoms in total. The Morgan fingerprint density at radius 3 is 2.43 bits per heavy atom. The fourth-order valence-electron chi connectivity index (χ4n) is 3.00. The molecule has 0 bridgehead atoms. The molecule has 1 N–H and O–H groups in total. The maximum atomic E-state index is 12.5. The molecule has 3 aromatic carbocycles. The van der Waals surface area contributed by atoms with Crippen LogP contribution in [0, 0.1) is 0 Å². The van der Waals surface area contributed by atoms with E-state index in [2.05, 4.69) is 15.5 Å². The molecule has 138 valence electrons. The van der Waals surface area contributed by atoms with E-state index >= 15 is 0 Å². The molecule has 0 saturated heterocycles. The van der Waals surface area contributed by atoms with Gasteiger partial charge in [0, 0.05) is 17.2 Å². The summed E-state index contributed by atoms with van der Waals surface area (Å²) in [5, 5.41) is 13.1. The number of hydrogen-bond acceptors (Lipinski definition) is 4. The van der Waals surface area contributed by atoms with Crippen LogP contribution in [-0.4, -0.2) is 29.3 Å². The van der Waals surface area contributed by atoms with Crippen molar-refractivity contribution in [2.75, 3.05) is 13.2 Å². The molecule has 0 radical (unpaired) electrons. The average molecular weight is 369 g/mol. The van der Waals surface area contributed by atoms with Gasteiger partial charge >= 0.3 is 0 Å². The van der Waals surface area contributed by atoms with Crippen LogP contribution < -0.4 is 10.1 Å². The minimum Gasteiger partial charge on any atom is -0.475 e. The van der Waals surface area contributed by atoms with E-state index < -0.39 is 0 Å². The summed E-state index contributed by atoms with van der Waals surface area (Å²) >= 11 is 0. The number of aromatic nitrogens is 2. The van der Waals surface area contributed by atoms with E-state index in [9.17, 15) is 4.79 Å². The van der Waals surface area contributed by atoms with Crippen molar-refractivity contribution in [2.45, 2.75) is 0 Å². The summed E-state index contributed by atoms with van der Waals surface area (Å²) in [4.78, 5) is 12.5. The second-order valence-electron chi connectivity index (χ2n) is 6.25. The van der Waals surface area contributed by atoms with Gasteiger partial charge in [0.25, 0.3) is 5.91 Å². The summed E-state index contributed by atoms with van der Waals surface area (Å²) in [6.45, 7) is 0.694. The Bertz CT molecular complexity index is 1070. The highest BCUT2D eigenvalue weighted by atomic mass is 16.5. The first-order valence-electron chi connectivity index (χ1n) is 9.09. The summed E-state index contributed by atoms with van der Waals surface area (Å²) in [5.74, 6) is 0.310. The van der Waals surface area contributed by atoms with Gasteiger partial charge in [-0.2, -0.15) is 0 Å². The van der Waals surface area contributed by atoms with Crippen molar-refractivity contribution in [3.63, 3.8) is 0 Å². The lowest BCUT2D eigenvalue weighted by molar-refractivity contribution is 0.0948. The third kappa shape index (κ3) is 3.99. The van der Waals surface area contributed by atoms with Gasteiger partial charge < -0.3 is 10.1 Å². The van der Waals surface area contributed by atoms with Crippen LogP contribution in [0.4, 0.5) is 0 Å². The van der Waals surface area contributed by atoms with E-state index in [0.717, 1.165) is 22.0 Å². The lowest BCUT2D eigenvalue weighted by Crippen LogP contribution is -2.28. The molecule has 0 spiro atoms. The Balaban J connectivity index is 1.31. The highest BCUT2D eigenvalue weighted by Gasteiger charge is 2.09. The maximum Gasteiger partial charge on any atom is 0.252 e. The highest BCUT2D eigenvalue weighted by Crippen LogP contribution is 2.18. The molecule has 0 aliphatic rings. The van der Waals surface area contributed by atoms with E-state index in [4.69, 9.17) is 4.74 Å². The molecule has 1 amide bonds. The quantitative estimate of drug-likeness (QED) is 0.520. The zero-order valence-electron chi connectivity index (χ0n) is 15.2. The zero-order valence-corrected chi connectivity index (χ0v) is 15.2. The van der Waals surface area contributed by atoms with Gasteiger partial charge in [0.05, 0.1) is 12.2 Å². The molecule has 4 rings (SSSR count). The van der Waals surface area contributed by atoms with E-state index in [-0.39, 0.29) is 5.91 Å². The monoisotopic (exact) mass is 369 g/mol. The van der Waals surface area contributed by atoms with Gasteiger partial charge in [0.1, 0.15) is 6.61 Å². The summed E-state index contributed by atoms with van der Waals surface area (Å²) in [6, 6.07) is 27.0. The number of ether oxygens (including phenoxy) is 1. The predicted octanol–water partition coefficient (Wildman–Crippen LogP) is 4.11. The highest BCUT2D eigenvalue weighted by molar-refractivity contribution is 6.06. The minimum atomic E-state index is -0.120. The van der Waals surface area contributed by atoms with Crippen LogP contribution in [-0.2, 0) is 0 Å². The third-order valence-corrected chi connectivity index (χ3v) is 4.38. The van der Waals surface area contributed by atoms with Gasteiger partial charge in [-0.3, -0.25) is 4.79 Å². The van der Waals surface area contributed by atoms with Gasteiger partial charge in [-0.25, -0.2) is 0 Å². The smallest absolute Gasteiger partial charge is 0.252 e. The van der Waals surface area contributed by atoms with E-state index in [0.29, 0.717) is 24.6 Å². The van der Waals surface area contributed by atoms with Crippen molar-refractivity contribution in [1.82, 2.24) is 15.5 Å². The van der Waals surface area contributed by atoms with Crippen LogP contribution in [0.5, 0.6) is 5.88 Å². The number of amides is 1. The first-order valence-corrected chi connectivity index (χ1v) is 9.09. The van der Waals surface area contributed by atoms with Crippen molar-refractivity contribution in [3.8, 4) is 17.1 Å². The Hall–Kier alpha value is -3.73. The van der Waals surface area contributed by atoms with Crippen molar-refractivity contribution in [3.05, 3.63) is 90.5 Å². The van der Waals surface area contributed by atoms with Crippen molar-refractivity contribution >= 4 is 16.7 Å². The summed E-state index contributed by atoms with van der Waals surface area (Å²) in [7, 11) is 0. The fourth-order valence-corrected chi connectivity index (χ4v) is 3.00. The molecule has 28 heavy (non-hydrogen) atoms. The number of hydrogen-bond donors (Lipinski definition) is 1. The van der Waals surface area contributed by atoms with Crippen LogP contribution in [0.15, 0.2) is 84.9 Å². The fraction of sp³-hybridized carbons (Fsp3) is 0.0870. The van der Waals surface area contributed by atoms with Crippen LogP contribution in [0.25, 0.3) is 22.0 Å². The van der Waals surface area contributed by atoms with Crippen molar-refractivity contribution in [1.29, 1.82) is 0 Å². The lowest BCUT2D eigenvalue weighted by atomic mass is 10.0. The van der Waals surface area contributed by atoms with Crippen LogP contribution in [0.3, 0.4) is 0 Å². The van der Waals surface area contributed by atoms with Gasteiger partial charge in [0.2, 0.25) is 5.88 Å². The minimum absolute atomic E-state index is 0.120. The molecule has 0 saturated carbocycles. The molecule has 0 aliphatic carbocycles. The van der Waals surface area contributed by atoms with Crippen LogP contribution in [0.1, 0.15) is 10.4 Å². The number of nitrogens with zero attached hydrogens (tertiary/aromatic N) is 2. The standard InChI is InChI=1S/C23H19N3O2/c27-23(20-12-6-10-17-7-4-5-11-19(17)20)24-15-16-28-22-14-13-21(25-26-22)18-8-2-1-3-9-18/h1-14H,15-16H2,(H,24,27). The second-order valence-corrected chi connectivity index (χ2v) is 6.25. The molecule has 0 atom stereocenters. The van der Waals surface area contributed by atoms with Gasteiger partial charge in [-0.15, -0.1) is 10.2 Å². The molecule has 5 heteroatoms. The first kappa shape index (κ1) is 17.7. The molecule has 1 aromatic heterocycles. The summed E-state index contributed by atoms with van der Waals surface area (Å²) < 4.78 is 5.58. The Labute approximate surface area is 163 Å². The van der Waals surface area contributed by atoms with Gasteiger partial charge in [-0.1, -0.05) is 66.7 Å². The number of benzene rings is 3. The largest absolute Gasteiger partial charge is 0.475 e. The normalized spacial score (nSPS) is 10.6. The molecule has 0 aliphatic heterocycles. The Morgan fingerprint density at radius 2 is 1.61 bits per heavy atom. The van der Waals surface area contributed by atoms with Crippen LogP contribution >= 0.6 is 0 Å². The molecule has 1 heterocycles. The van der Waals surface area contributed by atoms with E-state index in [1.54, 1.807) is 6.07 Å². The second kappa shape index (κ2) is 8.31. The number of rotatable bonds is 6. The third-order valence-electron chi connectivity index (χ3n) is 4.38. The number of carbonyl (C=O) groups excluding carboxylic acids is 1. The summed E-state index contributed by atoms with van der Waals surface area (Å²) in [5.41, 5.74) is 2.45. The number of fused-ring (bicyclic) bond motifs is 1. The van der Waals surface area contributed by atoms with E-state index in [1.165, 1.54) is 0 Å². The molecule has 0 fully saturated rings. The molecular weight excluding hydrogens is 350 g/mol. The predicted molar refractivity (Wildman–Crippen MR) is 109 cm³/mol. The Kier molecular flexibility index (Phi) is 5.24.